The van der Waals surface area contributed by atoms with Crippen molar-refractivity contribution in [3.63, 3.8) is 0 Å². The molecule has 150 valence electrons. The SMILES string of the molecule is CN(C)C(=O)c1ccc(Cl)c(S(=O)(=O)NCC(=O)OC(=O)OC(C)(C)C)c1. The minimum absolute atomic E-state index is 0.0982. The largest absolute Gasteiger partial charge is 0.516 e. The molecule has 27 heavy (non-hydrogen) atoms. The van der Waals surface area contributed by atoms with Gasteiger partial charge in [0.2, 0.25) is 10.0 Å². The molecule has 1 rings (SSSR count). The third-order valence-corrected chi connectivity index (χ3v) is 4.75. The summed E-state index contributed by atoms with van der Waals surface area (Å²) in [6.45, 7) is 3.89. The van der Waals surface area contributed by atoms with Crippen molar-refractivity contribution in [3.05, 3.63) is 28.8 Å². The summed E-state index contributed by atoms with van der Waals surface area (Å²) in [5, 5.41) is -0.140. The number of esters is 1. The zero-order chi connectivity index (χ0) is 21.0. The molecule has 1 amide bonds. The quantitative estimate of drug-likeness (QED) is 0.569. The van der Waals surface area contributed by atoms with Crippen LogP contribution in [0.1, 0.15) is 31.1 Å². The molecule has 0 fully saturated rings. The number of sulfonamides is 1. The van der Waals surface area contributed by atoms with Gasteiger partial charge in [0.05, 0.1) is 5.02 Å². The number of nitrogens with zero attached hydrogens (tertiary/aromatic N) is 1. The molecule has 0 atom stereocenters. The van der Waals surface area contributed by atoms with Crippen LogP contribution < -0.4 is 4.72 Å². The van der Waals surface area contributed by atoms with Crippen LogP contribution in [0.25, 0.3) is 0 Å². The maximum absolute atomic E-state index is 12.4. The van der Waals surface area contributed by atoms with Gasteiger partial charge in [-0.05, 0) is 39.0 Å². The first-order chi connectivity index (χ1) is 12.2. The summed E-state index contributed by atoms with van der Waals surface area (Å²) in [5.74, 6) is -1.59. The minimum atomic E-state index is -4.24. The van der Waals surface area contributed by atoms with Crippen molar-refractivity contribution < 1.29 is 32.3 Å². The number of carbonyl (C=O) groups is 3. The van der Waals surface area contributed by atoms with Crippen LogP contribution in [0.2, 0.25) is 5.02 Å². The van der Waals surface area contributed by atoms with E-state index in [0.717, 1.165) is 6.07 Å². The van der Waals surface area contributed by atoms with Crippen LogP contribution in [0.5, 0.6) is 0 Å². The summed E-state index contributed by atoms with van der Waals surface area (Å²) < 4.78 is 35.9. The number of carbonyl (C=O) groups excluding carboxylic acids is 3. The fraction of sp³-hybridized carbons (Fsp3) is 0.438. The highest BCUT2D eigenvalue weighted by molar-refractivity contribution is 7.89. The molecule has 0 radical (unpaired) electrons. The second-order valence-electron chi connectivity index (χ2n) is 6.61. The molecule has 0 unspecified atom stereocenters. The van der Waals surface area contributed by atoms with Gasteiger partial charge in [-0.25, -0.2) is 13.2 Å². The van der Waals surface area contributed by atoms with Gasteiger partial charge in [-0.2, -0.15) is 4.72 Å². The summed E-state index contributed by atoms with van der Waals surface area (Å²) in [6, 6.07) is 3.72. The van der Waals surface area contributed by atoms with Crippen LogP contribution in [-0.2, 0) is 24.3 Å². The Hall–Kier alpha value is -2.17. The Labute approximate surface area is 162 Å². The van der Waals surface area contributed by atoms with Gasteiger partial charge in [0, 0.05) is 19.7 Å². The lowest BCUT2D eigenvalue weighted by Crippen LogP contribution is -2.33. The normalized spacial score (nSPS) is 11.6. The smallest absolute Gasteiger partial charge is 0.428 e. The van der Waals surface area contributed by atoms with Gasteiger partial charge in [0.1, 0.15) is 17.0 Å². The maximum atomic E-state index is 12.4. The number of amides is 1. The molecule has 0 saturated carbocycles. The van der Waals surface area contributed by atoms with Gasteiger partial charge in [-0.1, -0.05) is 11.6 Å². The molecular formula is C16H21ClN2O7S. The van der Waals surface area contributed by atoms with Crippen LogP contribution in [0.3, 0.4) is 0 Å². The number of nitrogens with one attached hydrogen (secondary N) is 1. The second kappa shape index (κ2) is 8.68. The molecule has 1 aromatic rings. The van der Waals surface area contributed by atoms with E-state index in [1.165, 1.54) is 31.1 Å². The standard InChI is InChI=1S/C16H21ClN2O7S/c1-16(2,3)26-15(22)25-13(20)9-18-27(23,24)12-8-10(6-7-11(12)17)14(21)19(4)5/h6-8,18H,9H2,1-5H3. The third kappa shape index (κ3) is 7.16. The summed E-state index contributed by atoms with van der Waals surface area (Å²) in [4.78, 5) is 35.9. The molecule has 0 aliphatic rings. The van der Waals surface area contributed by atoms with Crippen LogP contribution in [-0.4, -0.2) is 57.6 Å². The first-order valence-electron chi connectivity index (χ1n) is 7.67. The zero-order valence-electron chi connectivity index (χ0n) is 15.5. The monoisotopic (exact) mass is 420 g/mol. The fourth-order valence-electron chi connectivity index (χ4n) is 1.73. The predicted octanol–water partition coefficient (Wildman–Crippen LogP) is 1.80. The van der Waals surface area contributed by atoms with Gasteiger partial charge in [0.25, 0.3) is 5.91 Å². The lowest BCUT2D eigenvalue weighted by molar-refractivity contribution is -0.140. The maximum Gasteiger partial charge on any atom is 0.516 e. The summed E-state index contributed by atoms with van der Waals surface area (Å²) >= 11 is 5.90. The van der Waals surface area contributed by atoms with E-state index in [1.807, 2.05) is 4.72 Å². The number of hydrogen-bond acceptors (Lipinski definition) is 7. The van der Waals surface area contributed by atoms with Gasteiger partial charge >= 0.3 is 12.1 Å². The summed E-state index contributed by atoms with van der Waals surface area (Å²) in [6.07, 6.45) is -1.25. The first-order valence-corrected chi connectivity index (χ1v) is 9.53. The Bertz CT molecular complexity index is 845. The lowest BCUT2D eigenvalue weighted by atomic mass is 10.2. The molecule has 9 nitrogen and oxygen atoms in total. The highest BCUT2D eigenvalue weighted by Gasteiger charge is 2.24. The Balaban J connectivity index is 2.87. The summed E-state index contributed by atoms with van der Waals surface area (Å²) in [7, 11) is -1.22. The van der Waals surface area contributed by atoms with Crippen LogP contribution in [0, 0.1) is 0 Å². The molecule has 0 saturated heterocycles. The molecule has 0 aromatic heterocycles. The lowest BCUT2D eigenvalue weighted by Gasteiger charge is -2.18. The fourth-order valence-corrected chi connectivity index (χ4v) is 3.22. The van der Waals surface area contributed by atoms with Crippen molar-refractivity contribution in [3.8, 4) is 0 Å². The highest BCUT2D eigenvalue weighted by Crippen LogP contribution is 2.23. The molecule has 0 spiro atoms. The molecule has 1 aromatic carbocycles. The summed E-state index contributed by atoms with van der Waals surface area (Å²) in [5.41, 5.74) is -0.773. The van der Waals surface area contributed by atoms with Gasteiger partial charge in [0.15, 0.2) is 0 Å². The zero-order valence-corrected chi connectivity index (χ0v) is 17.1. The average Bonchev–Trinajstić information content (AvgIpc) is 2.50. The van der Waals surface area contributed by atoms with Crippen LogP contribution in [0.4, 0.5) is 4.79 Å². The van der Waals surface area contributed by atoms with Crippen molar-refractivity contribution in [2.75, 3.05) is 20.6 Å². The Kier molecular flexibility index (Phi) is 7.35. The highest BCUT2D eigenvalue weighted by atomic mass is 35.5. The van der Waals surface area contributed by atoms with Gasteiger partial charge in [-0.15, -0.1) is 0 Å². The minimum Gasteiger partial charge on any atom is -0.428 e. The number of benzene rings is 1. The van der Waals surface area contributed by atoms with E-state index in [4.69, 9.17) is 16.3 Å². The topological polar surface area (TPSA) is 119 Å². The molecule has 0 bridgehead atoms. The van der Waals surface area contributed by atoms with E-state index in [0.29, 0.717) is 0 Å². The van der Waals surface area contributed by atoms with Crippen molar-refractivity contribution >= 4 is 39.7 Å². The van der Waals surface area contributed by atoms with E-state index in [-0.39, 0.29) is 15.5 Å². The van der Waals surface area contributed by atoms with E-state index < -0.39 is 40.2 Å². The Morgan fingerprint density at radius 3 is 2.30 bits per heavy atom. The van der Waals surface area contributed by atoms with E-state index in [1.54, 1.807) is 20.8 Å². The predicted molar refractivity (Wildman–Crippen MR) is 97.0 cm³/mol. The van der Waals surface area contributed by atoms with Gasteiger partial charge < -0.3 is 14.4 Å². The number of rotatable bonds is 5. The average molecular weight is 421 g/mol. The Morgan fingerprint density at radius 1 is 1.19 bits per heavy atom. The molecule has 0 heterocycles. The van der Waals surface area contributed by atoms with Crippen molar-refractivity contribution in [2.24, 2.45) is 0 Å². The van der Waals surface area contributed by atoms with Crippen molar-refractivity contribution in [1.29, 1.82) is 0 Å². The van der Waals surface area contributed by atoms with Crippen LogP contribution in [0.15, 0.2) is 23.1 Å². The number of hydrogen-bond donors (Lipinski definition) is 1. The molecule has 1 N–H and O–H groups in total. The second-order valence-corrected chi connectivity index (χ2v) is 8.75. The van der Waals surface area contributed by atoms with E-state index in [2.05, 4.69) is 4.74 Å². The molecular weight excluding hydrogens is 400 g/mol. The molecule has 0 aliphatic carbocycles. The van der Waals surface area contributed by atoms with E-state index >= 15 is 0 Å². The molecule has 11 heteroatoms. The van der Waals surface area contributed by atoms with Crippen molar-refractivity contribution in [2.45, 2.75) is 31.3 Å². The third-order valence-electron chi connectivity index (χ3n) is 2.87. The number of halogens is 1. The van der Waals surface area contributed by atoms with Crippen LogP contribution >= 0.6 is 11.6 Å². The van der Waals surface area contributed by atoms with Crippen molar-refractivity contribution in [1.82, 2.24) is 9.62 Å². The van der Waals surface area contributed by atoms with E-state index in [9.17, 15) is 22.8 Å². The first kappa shape index (κ1) is 22.9. The number of ether oxygens (including phenoxy) is 2. The van der Waals surface area contributed by atoms with Gasteiger partial charge in [-0.3, -0.25) is 9.59 Å². The molecule has 0 aliphatic heterocycles. The Morgan fingerprint density at radius 2 is 1.78 bits per heavy atom.